The van der Waals surface area contributed by atoms with Crippen molar-refractivity contribution in [3.05, 3.63) is 47.5 Å². The molecule has 0 aliphatic rings. The highest BCUT2D eigenvalue weighted by molar-refractivity contribution is 6.31. The summed E-state index contributed by atoms with van der Waals surface area (Å²) in [5, 5.41) is 3.68. The lowest BCUT2D eigenvalue weighted by molar-refractivity contribution is 0.230. The molecule has 0 saturated carbocycles. The summed E-state index contributed by atoms with van der Waals surface area (Å²) in [7, 11) is 1.57. The number of nitrogens with zero attached hydrogens (tertiary/aromatic N) is 2. The quantitative estimate of drug-likeness (QED) is 0.696. The van der Waals surface area contributed by atoms with Crippen molar-refractivity contribution in [2.45, 2.75) is 20.0 Å². The van der Waals surface area contributed by atoms with E-state index in [9.17, 15) is 4.39 Å². The summed E-state index contributed by atoms with van der Waals surface area (Å²) in [4.78, 5) is 8.47. The molecule has 0 bridgehead atoms. The largest absolute Gasteiger partial charge is 0.493 e. The Hall–Kier alpha value is -2.60. The lowest BCUT2D eigenvalue weighted by Gasteiger charge is -2.16. The molecule has 25 heavy (non-hydrogen) atoms. The van der Waals surface area contributed by atoms with Crippen LogP contribution in [-0.2, 0) is 0 Å². The number of nitrogens with one attached hydrogen (secondary N) is 1. The predicted molar refractivity (Wildman–Crippen MR) is 96.5 cm³/mol. The number of methoxy groups -OCH3 is 1. The van der Waals surface area contributed by atoms with Crippen LogP contribution in [0.15, 0.2) is 36.7 Å². The average Bonchev–Trinajstić information content (AvgIpc) is 2.58. The topological polar surface area (TPSA) is 56.3 Å². The molecule has 2 aromatic carbocycles. The maximum Gasteiger partial charge on any atom is 0.165 e. The maximum absolute atomic E-state index is 14.2. The van der Waals surface area contributed by atoms with Crippen LogP contribution in [0.1, 0.15) is 13.8 Å². The van der Waals surface area contributed by atoms with Crippen LogP contribution in [0.5, 0.6) is 11.5 Å². The standard InChI is InChI=1S/C18H17ClFN3O2/c1-10(2)25-16-7-11-14(8-15(16)24-3)21-9-22-18(11)23-13-6-4-5-12(19)17(13)20/h4-10H,1-3H3,(H,21,22,23). The zero-order valence-corrected chi connectivity index (χ0v) is 14.8. The number of ether oxygens (including phenoxy) is 2. The van der Waals surface area contributed by atoms with Crippen molar-refractivity contribution >= 4 is 34.0 Å². The van der Waals surface area contributed by atoms with Crippen molar-refractivity contribution in [2.24, 2.45) is 0 Å². The summed E-state index contributed by atoms with van der Waals surface area (Å²) >= 11 is 5.84. The molecule has 3 aromatic rings. The molecule has 0 radical (unpaired) electrons. The number of aromatic nitrogens is 2. The molecule has 0 aliphatic carbocycles. The predicted octanol–water partition coefficient (Wildman–Crippen LogP) is 4.96. The van der Waals surface area contributed by atoms with Crippen molar-refractivity contribution < 1.29 is 13.9 Å². The highest BCUT2D eigenvalue weighted by Gasteiger charge is 2.14. The first-order chi connectivity index (χ1) is 12.0. The van der Waals surface area contributed by atoms with E-state index in [0.29, 0.717) is 28.2 Å². The summed E-state index contributed by atoms with van der Waals surface area (Å²) in [6.07, 6.45) is 1.37. The van der Waals surface area contributed by atoms with Crippen molar-refractivity contribution in [3.8, 4) is 11.5 Å². The average molecular weight is 362 g/mol. The summed E-state index contributed by atoms with van der Waals surface area (Å²) < 4.78 is 25.3. The van der Waals surface area contributed by atoms with Gasteiger partial charge < -0.3 is 14.8 Å². The van der Waals surface area contributed by atoms with Gasteiger partial charge in [-0.2, -0.15) is 0 Å². The van der Waals surface area contributed by atoms with E-state index < -0.39 is 5.82 Å². The lowest BCUT2D eigenvalue weighted by atomic mass is 10.2. The molecular formula is C18H17ClFN3O2. The van der Waals surface area contributed by atoms with E-state index in [1.54, 1.807) is 31.4 Å². The van der Waals surface area contributed by atoms with E-state index in [1.165, 1.54) is 12.4 Å². The molecule has 0 spiro atoms. The first-order valence-electron chi connectivity index (χ1n) is 7.70. The Labute approximate surface area is 149 Å². The Bertz CT molecular complexity index is 918. The summed E-state index contributed by atoms with van der Waals surface area (Å²) in [5.41, 5.74) is 0.877. The zero-order valence-electron chi connectivity index (χ0n) is 14.0. The van der Waals surface area contributed by atoms with Gasteiger partial charge in [-0.3, -0.25) is 0 Å². The molecule has 1 aromatic heterocycles. The highest BCUT2D eigenvalue weighted by Crippen LogP contribution is 2.35. The Morgan fingerprint density at radius 3 is 2.68 bits per heavy atom. The molecule has 7 heteroatoms. The maximum atomic E-state index is 14.2. The van der Waals surface area contributed by atoms with Crippen LogP contribution in [0.3, 0.4) is 0 Å². The van der Waals surface area contributed by atoms with E-state index >= 15 is 0 Å². The molecular weight excluding hydrogens is 345 g/mol. The van der Waals surface area contributed by atoms with Gasteiger partial charge in [0.1, 0.15) is 12.1 Å². The van der Waals surface area contributed by atoms with Gasteiger partial charge in [0, 0.05) is 11.5 Å². The Kier molecular flexibility index (Phi) is 4.90. The fourth-order valence-corrected chi connectivity index (χ4v) is 2.57. The van der Waals surface area contributed by atoms with E-state index in [2.05, 4.69) is 15.3 Å². The number of hydrogen-bond donors (Lipinski definition) is 1. The van der Waals surface area contributed by atoms with Crippen LogP contribution >= 0.6 is 11.6 Å². The van der Waals surface area contributed by atoms with E-state index in [4.69, 9.17) is 21.1 Å². The van der Waals surface area contributed by atoms with Gasteiger partial charge in [-0.15, -0.1) is 0 Å². The summed E-state index contributed by atoms with van der Waals surface area (Å²) in [6.45, 7) is 3.84. The van der Waals surface area contributed by atoms with Crippen molar-refractivity contribution in [2.75, 3.05) is 12.4 Å². The van der Waals surface area contributed by atoms with Crippen LogP contribution in [0.2, 0.25) is 5.02 Å². The Balaban J connectivity index is 2.10. The van der Waals surface area contributed by atoms with E-state index in [0.717, 1.165) is 0 Å². The second kappa shape index (κ2) is 7.11. The molecule has 3 rings (SSSR count). The van der Waals surface area contributed by atoms with Gasteiger partial charge in [0.15, 0.2) is 17.3 Å². The Morgan fingerprint density at radius 1 is 1.16 bits per heavy atom. The van der Waals surface area contributed by atoms with Gasteiger partial charge in [0.25, 0.3) is 0 Å². The molecule has 0 aliphatic heterocycles. The smallest absolute Gasteiger partial charge is 0.165 e. The SMILES string of the molecule is COc1cc2ncnc(Nc3cccc(Cl)c3F)c2cc1OC(C)C. The third-order valence-corrected chi connectivity index (χ3v) is 3.78. The zero-order chi connectivity index (χ0) is 18.0. The number of benzene rings is 2. The van der Waals surface area contributed by atoms with Gasteiger partial charge in [0.2, 0.25) is 0 Å². The van der Waals surface area contributed by atoms with Crippen LogP contribution in [0, 0.1) is 5.82 Å². The molecule has 0 fully saturated rings. The van der Waals surface area contributed by atoms with Gasteiger partial charge in [-0.1, -0.05) is 17.7 Å². The second-order valence-electron chi connectivity index (χ2n) is 5.64. The van der Waals surface area contributed by atoms with Crippen LogP contribution in [0.25, 0.3) is 10.9 Å². The van der Waals surface area contributed by atoms with Crippen molar-refractivity contribution in [3.63, 3.8) is 0 Å². The fraction of sp³-hybridized carbons (Fsp3) is 0.222. The van der Waals surface area contributed by atoms with Crippen LogP contribution < -0.4 is 14.8 Å². The number of fused-ring (bicyclic) bond motifs is 1. The third kappa shape index (κ3) is 3.58. The molecule has 0 unspecified atom stereocenters. The van der Waals surface area contributed by atoms with Gasteiger partial charge >= 0.3 is 0 Å². The number of rotatable bonds is 5. The minimum atomic E-state index is -0.539. The third-order valence-electron chi connectivity index (χ3n) is 3.49. The van der Waals surface area contributed by atoms with Crippen LogP contribution in [-0.4, -0.2) is 23.2 Å². The molecule has 0 saturated heterocycles. The van der Waals surface area contributed by atoms with Crippen LogP contribution in [0.4, 0.5) is 15.9 Å². The van der Waals surface area contributed by atoms with Crippen molar-refractivity contribution in [1.29, 1.82) is 0 Å². The normalized spacial score (nSPS) is 11.0. The lowest BCUT2D eigenvalue weighted by Crippen LogP contribution is -2.07. The monoisotopic (exact) mass is 361 g/mol. The molecule has 1 heterocycles. The summed E-state index contributed by atoms with van der Waals surface area (Å²) in [6, 6.07) is 8.27. The molecule has 5 nitrogen and oxygen atoms in total. The minimum Gasteiger partial charge on any atom is -0.493 e. The van der Waals surface area contributed by atoms with E-state index in [1.807, 2.05) is 13.8 Å². The van der Waals surface area contributed by atoms with Gasteiger partial charge in [0.05, 0.1) is 29.4 Å². The molecule has 1 N–H and O–H groups in total. The van der Waals surface area contributed by atoms with Gasteiger partial charge in [-0.05, 0) is 32.0 Å². The van der Waals surface area contributed by atoms with Gasteiger partial charge in [-0.25, -0.2) is 14.4 Å². The molecule has 0 atom stereocenters. The Morgan fingerprint density at radius 2 is 1.96 bits per heavy atom. The molecule has 130 valence electrons. The first-order valence-corrected chi connectivity index (χ1v) is 8.08. The summed E-state index contributed by atoms with van der Waals surface area (Å²) in [5.74, 6) is 1.04. The molecule has 0 amide bonds. The second-order valence-corrected chi connectivity index (χ2v) is 6.04. The number of halogens is 2. The first kappa shape index (κ1) is 17.2. The van der Waals surface area contributed by atoms with E-state index in [-0.39, 0.29) is 16.8 Å². The fourth-order valence-electron chi connectivity index (χ4n) is 2.40. The highest BCUT2D eigenvalue weighted by atomic mass is 35.5. The number of anilines is 2. The minimum absolute atomic E-state index is 0.0298. The number of hydrogen-bond acceptors (Lipinski definition) is 5. The van der Waals surface area contributed by atoms with Crippen molar-refractivity contribution in [1.82, 2.24) is 9.97 Å².